The van der Waals surface area contributed by atoms with E-state index in [1.54, 1.807) is 22.7 Å². The lowest BCUT2D eigenvalue weighted by Gasteiger charge is -1.96. The molecule has 0 saturated heterocycles. The molecule has 0 amide bonds. The average Bonchev–Trinajstić information content (AvgIpc) is 3.21. The van der Waals surface area contributed by atoms with Crippen LogP contribution in [0.3, 0.4) is 0 Å². The van der Waals surface area contributed by atoms with Gasteiger partial charge >= 0.3 is 11.9 Å². The van der Waals surface area contributed by atoms with E-state index in [1.807, 2.05) is 29.0 Å². The predicted molar refractivity (Wildman–Crippen MR) is 94.2 cm³/mol. The van der Waals surface area contributed by atoms with Crippen LogP contribution in [0.15, 0.2) is 35.0 Å². The maximum Gasteiger partial charge on any atom is 0.305 e. The maximum atomic E-state index is 10.7. The molecular weight excluding hydrogens is 332 g/mol. The van der Waals surface area contributed by atoms with Gasteiger partial charge in [0.15, 0.2) is 0 Å². The fraction of sp³-hybridized carbons (Fsp3) is 0.412. The summed E-state index contributed by atoms with van der Waals surface area (Å²) in [7, 11) is 1.42. The Balaban J connectivity index is 0.000000231. The number of carboxylic acids is 1. The minimum atomic E-state index is -0.707. The van der Waals surface area contributed by atoms with Gasteiger partial charge in [-0.15, -0.1) is 22.7 Å². The molecule has 6 heteroatoms. The summed E-state index contributed by atoms with van der Waals surface area (Å²) in [5.41, 5.74) is 0. The standard InChI is InChI=1S/C9H12O2S.C8H10O2S/c1-11-9(10)6-2-4-8-5-3-7-12-8;9-8(10)5-1-3-7-4-2-6-11-7/h3,5,7H,2,4,6H2,1H3;2,4,6H,1,3,5H2,(H,9,10). The van der Waals surface area contributed by atoms with Crippen molar-refractivity contribution in [1.29, 1.82) is 0 Å². The van der Waals surface area contributed by atoms with Crippen molar-refractivity contribution in [2.75, 3.05) is 7.11 Å². The average molecular weight is 354 g/mol. The summed E-state index contributed by atoms with van der Waals surface area (Å²) in [6.45, 7) is 0. The van der Waals surface area contributed by atoms with Crippen molar-refractivity contribution in [2.24, 2.45) is 0 Å². The molecule has 2 aromatic rings. The Morgan fingerprint density at radius 2 is 1.52 bits per heavy atom. The Kier molecular flexibility index (Phi) is 9.99. The lowest BCUT2D eigenvalue weighted by atomic mass is 10.2. The van der Waals surface area contributed by atoms with E-state index in [0.29, 0.717) is 6.42 Å². The summed E-state index contributed by atoms with van der Waals surface area (Å²) in [6.07, 6.45) is 4.30. The highest BCUT2D eigenvalue weighted by Gasteiger charge is 2.00. The highest BCUT2D eigenvalue weighted by atomic mass is 32.1. The zero-order valence-corrected chi connectivity index (χ0v) is 14.8. The third kappa shape index (κ3) is 9.86. The number of aryl methyl sites for hydroxylation is 2. The van der Waals surface area contributed by atoms with Crippen LogP contribution in [0, 0.1) is 0 Å². The van der Waals surface area contributed by atoms with Crippen LogP contribution in [-0.4, -0.2) is 24.2 Å². The lowest BCUT2D eigenvalue weighted by Crippen LogP contribution is -1.99. The second kappa shape index (κ2) is 11.8. The number of carbonyl (C=O) groups excluding carboxylic acids is 1. The number of hydrogen-bond acceptors (Lipinski definition) is 5. The van der Waals surface area contributed by atoms with E-state index in [-0.39, 0.29) is 12.4 Å². The van der Waals surface area contributed by atoms with Gasteiger partial charge in [0, 0.05) is 22.6 Å². The third-order valence-corrected chi connectivity index (χ3v) is 4.88. The molecule has 0 atom stereocenters. The van der Waals surface area contributed by atoms with Gasteiger partial charge < -0.3 is 9.84 Å². The molecule has 0 fully saturated rings. The van der Waals surface area contributed by atoms with Crippen molar-refractivity contribution in [3.8, 4) is 0 Å². The SMILES string of the molecule is COC(=O)CCCc1cccs1.O=C(O)CCCc1cccs1. The minimum absolute atomic E-state index is 0.119. The first-order valence-electron chi connectivity index (χ1n) is 7.45. The summed E-state index contributed by atoms with van der Waals surface area (Å²) in [6, 6.07) is 8.13. The Hall–Kier alpha value is -1.66. The molecule has 2 rings (SSSR count). The Morgan fingerprint density at radius 1 is 1.00 bits per heavy atom. The summed E-state index contributed by atoms with van der Waals surface area (Å²) >= 11 is 3.41. The van der Waals surface area contributed by atoms with Gasteiger partial charge in [0.25, 0.3) is 0 Å². The fourth-order valence-corrected chi connectivity index (χ4v) is 3.34. The highest BCUT2D eigenvalue weighted by Crippen LogP contribution is 2.12. The van der Waals surface area contributed by atoms with Crippen molar-refractivity contribution < 1.29 is 19.4 Å². The van der Waals surface area contributed by atoms with Crippen LogP contribution in [0.2, 0.25) is 0 Å². The first-order valence-corrected chi connectivity index (χ1v) is 9.21. The monoisotopic (exact) mass is 354 g/mol. The van der Waals surface area contributed by atoms with Crippen LogP contribution in [0.1, 0.15) is 35.4 Å². The van der Waals surface area contributed by atoms with Crippen molar-refractivity contribution in [1.82, 2.24) is 0 Å². The van der Waals surface area contributed by atoms with Crippen LogP contribution in [0.5, 0.6) is 0 Å². The van der Waals surface area contributed by atoms with E-state index in [9.17, 15) is 9.59 Å². The van der Waals surface area contributed by atoms with Crippen LogP contribution in [0.25, 0.3) is 0 Å². The normalized spacial score (nSPS) is 9.78. The van der Waals surface area contributed by atoms with E-state index in [2.05, 4.69) is 10.8 Å². The zero-order valence-electron chi connectivity index (χ0n) is 13.2. The minimum Gasteiger partial charge on any atom is -0.481 e. The molecule has 0 unspecified atom stereocenters. The molecule has 126 valence electrons. The number of hydrogen-bond donors (Lipinski definition) is 1. The number of rotatable bonds is 8. The highest BCUT2D eigenvalue weighted by molar-refractivity contribution is 7.10. The van der Waals surface area contributed by atoms with Gasteiger partial charge in [0.2, 0.25) is 0 Å². The number of carbonyl (C=O) groups is 2. The van der Waals surface area contributed by atoms with Gasteiger partial charge in [-0.05, 0) is 48.6 Å². The zero-order chi connectivity index (χ0) is 16.9. The maximum absolute atomic E-state index is 10.7. The van der Waals surface area contributed by atoms with E-state index in [1.165, 1.54) is 16.9 Å². The summed E-state index contributed by atoms with van der Waals surface area (Å²) < 4.78 is 4.53. The fourth-order valence-electron chi connectivity index (χ4n) is 1.83. The van der Waals surface area contributed by atoms with E-state index in [0.717, 1.165) is 25.7 Å². The summed E-state index contributed by atoms with van der Waals surface area (Å²) in [5.74, 6) is -0.826. The van der Waals surface area contributed by atoms with Crippen molar-refractivity contribution in [3.05, 3.63) is 44.8 Å². The number of carboxylic acid groups (broad SMARTS) is 1. The van der Waals surface area contributed by atoms with Crippen LogP contribution in [-0.2, 0) is 27.2 Å². The number of thiophene rings is 2. The largest absolute Gasteiger partial charge is 0.481 e. The van der Waals surface area contributed by atoms with Gasteiger partial charge in [-0.3, -0.25) is 9.59 Å². The molecule has 23 heavy (non-hydrogen) atoms. The van der Waals surface area contributed by atoms with Crippen LogP contribution < -0.4 is 0 Å². The smallest absolute Gasteiger partial charge is 0.305 e. The lowest BCUT2D eigenvalue weighted by molar-refractivity contribution is -0.140. The number of aliphatic carboxylic acids is 1. The predicted octanol–water partition coefficient (Wildman–Crippen LogP) is 4.40. The molecule has 0 bridgehead atoms. The van der Waals surface area contributed by atoms with E-state index < -0.39 is 5.97 Å². The second-order valence-corrected chi connectivity index (χ2v) is 6.90. The topological polar surface area (TPSA) is 63.6 Å². The van der Waals surface area contributed by atoms with Gasteiger partial charge in [-0.25, -0.2) is 0 Å². The van der Waals surface area contributed by atoms with Crippen molar-refractivity contribution in [2.45, 2.75) is 38.5 Å². The molecule has 4 nitrogen and oxygen atoms in total. The Morgan fingerprint density at radius 3 is 1.91 bits per heavy atom. The van der Waals surface area contributed by atoms with Gasteiger partial charge in [-0.2, -0.15) is 0 Å². The first kappa shape index (κ1) is 19.4. The number of ether oxygens (including phenoxy) is 1. The molecular formula is C17H22O4S2. The van der Waals surface area contributed by atoms with Gasteiger partial charge in [0.1, 0.15) is 0 Å². The van der Waals surface area contributed by atoms with Crippen molar-refractivity contribution >= 4 is 34.6 Å². The molecule has 2 aromatic heterocycles. The van der Waals surface area contributed by atoms with Gasteiger partial charge in [-0.1, -0.05) is 12.1 Å². The molecule has 0 aliphatic heterocycles. The molecule has 2 heterocycles. The first-order chi connectivity index (χ1) is 11.1. The molecule has 0 spiro atoms. The van der Waals surface area contributed by atoms with Crippen LogP contribution in [0.4, 0.5) is 0 Å². The quantitative estimate of drug-likeness (QED) is 0.714. The second-order valence-electron chi connectivity index (χ2n) is 4.84. The molecule has 1 N–H and O–H groups in total. The van der Waals surface area contributed by atoms with Crippen LogP contribution >= 0.6 is 22.7 Å². The third-order valence-electron chi connectivity index (χ3n) is 3.01. The van der Waals surface area contributed by atoms with E-state index >= 15 is 0 Å². The molecule has 0 aliphatic rings. The summed E-state index contributed by atoms with van der Waals surface area (Å²) in [4.78, 5) is 23.5. The summed E-state index contributed by atoms with van der Waals surface area (Å²) in [5, 5.41) is 12.4. The van der Waals surface area contributed by atoms with E-state index in [4.69, 9.17) is 5.11 Å². The van der Waals surface area contributed by atoms with Crippen molar-refractivity contribution in [3.63, 3.8) is 0 Å². The Labute approximate surface area is 144 Å². The molecule has 0 aliphatic carbocycles. The molecule has 0 radical (unpaired) electrons. The molecule has 0 saturated carbocycles. The Bertz CT molecular complexity index is 547. The molecule has 0 aromatic carbocycles. The van der Waals surface area contributed by atoms with Gasteiger partial charge in [0.05, 0.1) is 7.11 Å². The number of esters is 1. The number of methoxy groups -OCH3 is 1.